The van der Waals surface area contributed by atoms with Gasteiger partial charge in [0.25, 0.3) is 5.91 Å². The van der Waals surface area contributed by atoms with Crippen molar-refractivity contribution in [2.45, 2.75) is 19.8 Å². The Kier molecular flexibility index (Phi) is 6.36. The van der Waals surface area contributed by atoms with Crippen molar-refractivity contribution in [3.05, 3.63) is 71.3 Å². The van der Waals surface area contributed by atoms with Crippen LogP contribution in [0.3, 0.4) is 0 Å². The molecule has 0 spiro atoms. The van der Waals surface area contributed by atoms with Crippen LogP contribution < -0.4 is 5.32 Å². The Morgan fingerprint density at radius 3 is 2.39 bits per heavy atom. The van der Waals surface area contributed by atoms with Crippen molar-refractivity contribution in [2.24, 2.45) is 0 Å². The predicted molar refractivity (Wildman–Crippen MR) is 89.3 cm³/mol. The normalized spacial score (nSPS) is 10.1. The monoisotopic (exact) mass is 311 g/mol. The summed E-state index contributed by atoms with van der Waals surface area (Å²) in [4.78, 5) is 23.6. The van der Waals surface area contributed by atoms with E-state index in [-0.39, 0.29) is 12.5 Å². The van der Waals surface area contributed by atoms with Gasteiger partial charge in [0.2, 0.25) is 0 Å². The molecule has 0 heterocycles. The third kappa shape index (κ3) is 5.25. The van der Waals surface area contributed by atoms with Crippen molar-refractivity contribution < 1.29 is 14.3 Å². The fraction of sp³-hybridized carbons (Fsp3) is 0.263. The molecule has 4 nitrogen and oxygen atoms in total. The van der Waals surface area contributed by atoms with Crippen LogP contribution in [0.15, 0.2) is 54.6 Å². The predicted octanol–water partition coefficient (Wildman–Crippen LogP) is 2.76. The molecule has 2 rings (SSSR count). The number of rotatable bonds is 7. The van der Waals surface area contributed by atoms with Gasteiger partial charge in [-0.05, 0) is 37.0 Å². The molecule has 0 saturated carbocycles. The SMILES string of the molecule is CCNC(=O)COC(=O)c1ccccc1CCc1ccccc1. The fourth-order valence-corrected chi connectivity index (χ4v) is 2.32. The number of hydrogen-bond acceptors (Lipinski definition) is 3. The minimum absolute atomic E-state index is 0.250. The summed E-state index contributed by atoms with van der Waals surface area (Å²) in [6, 6.07) is 17.5. The molecule has 23 heavy (non-hydrogen) atoms. The lowest BCUT2D eigenvalue weighted by atomic mass is 10.00. The van der Waals surface area contributed by atoms with Crippen LogP contribution in [0.25, 0.3) is 0 Å². The number of amides is 1. The molecule has 0 aliphatic heterocycles. The number of nitrogens with one attached hydrogen (secondary N) is 1. The highest BCUT2D eigenvalue weighted by molar-refractivity contribution is 5.92. The maximum absolute atomic E-state index is 12.2. The Hall–Kier alpha value is -2.62. The lowest BCUT2D eigenvalue weighted by Gasteiger charge is -2.09. The maximum atomic E-state index is 12.2. The zero-order valence-electron chi connectivity index (χ0n) is 13.2. The number of likely N-dealkylation sites (N-methyl/N-ethyl adjacent to an activating group) is 1. The number of ether oxygens (including phenoxy) is 1. The van der Waals surface area contributed by atoms with Crippen LogP contribution in [0.4, 0.5) is 0 Å². The van der Waals surface area contributed by atoms with Gasteiger partial charge < -0.3 is 10.1 Å². The van der Waals surface area contributed by atoms with Gasteiger partial charge in [-0.1, -0.05) is 48.5 Å². The van der Waals surface area contributed by atoms with Crippen molar-refractivity contribution in [1.29, 1.82) is 0 Å². The van der Waals surface area contributed by atoms with E-state index < -0.39 is 5.97 Å². The van der Waals surface area contributed by atoms with Gasteiger partial charge in [0.05, 0.1) is 5.56 Å². The van der Waals surface area contributed by atoms with E-state index in [9.17, 15) is 9.59 Å². The zero-order chi connectivity index (χ0) is 16.5. The topological polar surface area (TPSA) is 55.4 Å². The van der Waals surface area contributed by atoms with Crippen molar-refractivity contribution >= 4 is 11.9 Å². The van der Waals surface area contributed by atoms with Gasteiger partial charge in [0, 0.05) is 6.54 Å². The third-order valence-corrected chi connectivity index (χ3v) is 3.47. The minimum atomic E-state index is -0.458. The molecule has 0 saturated heterocycles. The number of hydrogen-bond donors (Lipinski definition) is 1. The summed E-state index contributed by atoms with van der Waals surface area (Å²) in [7, 11) is 0. The molecule has 0 bridgehead atoms. The zero-order valence-corrected chi connectivity index (χ0v) is 13.2. The van der Waals surface area contributed by atoms with E-state index in [1.807, 2.05) is 37.3 Å². The smallest absolute Gasteiger partial charge is 0.338 e. The number of carbonyl (C=O) groups is 2. The molecule has 4 heteroatoms. The van der Waals surface area contributed by atoms with Crippen LogP contribution in [0.2, 0.25) is 0 Å². The van der Waals surface area contributed by atoms with Crippen LogP contribution in [0, 0.1) is 0 Å². The number of esters is 1. The average Bonchev–Trinajstić information content (AvgIpc) is 2.59. The Morgan fingerprint density at radius 2 is 1.65 bits per heavy atom. The summed E-state index contributed by atoms with van der Waals surface area (Å²) >= 11 is 0. The van der Waals surface area contributed by atoms with E-state index >= 15 is 0 Å². The molecule has 1 amide bonds. The first kappa shape index (κ1) is 16.7. The van der Waals surface area contributed by atoms with Gasteiger partial charge >= 0.3 is 5.97 Å². The molecular formula is C19H21NO3. The molecule has 0 radical (unpaired) electrons. The number of aryl methyl sites for hydroxylation is 2. The van der Waals surface area contributed by atoms with Crippen molar-refractivity contribution in [3.8, 4) is 0 Å². The average molecular weight is 311 g/mol. The Balaban J connectivity index is 1.99. The highest BCUT2D eigenvalue weighted by Crippen LogP contribution is 2.14. The molecule has 2 aromatic carbocycles. The molecule has 0 atom stereocenters. The molecule has 120 valence electrons. The quantitative estimate of drug-likeness (QED) is 0.800. The lowest BCUT2D eigenvalue weighted by molar-refractivity contribution is -0.124. The third-order valence-electron chi connectivity index (χ3n) is 3.47. The first-order valence-electron chi connectivity index (χ1n) is 7.76. The summed E-state index contributed by atoms with van der Waals surface area (Å²) in [5, 5.41) is 2.60. The van der Waals surface area contributed by atoms with E-state index in [0.29, 0.717) is 12.1 Å². The number of benzene rings is 2. The molecule has 2 aromatic rings. The van der Waals surface area contributed by atoms with E-state index in [2.05, 4.69) is 17.4 Å². The van der Waals surface area contributed by atoms with Crippen molar-refractivity contribution in [1.82, 2.24) is 5.32 Å². The van der Waals surface area contributed by atoms with Crippen LogP contribution >= 0.6 is 0 Å². The minimum Gasteiger partial charge on any atom is -0.452 e. The first-order valence-corrected chi connectivity index (χ1v) is 7.76. The standard InChI is InChI=1S/C19H21NO3/c1-2-20-18(21)14-23-19(22)17-11-7-6-10-16(17)13-12-15-8-4-3-5-9-15/h3-11H,2,12-14H2,1H3,(H,20,21). The highest BCUT2D eigenvalue weighted by Gasteiger charge is 2.13. The second kappa shape index (κ2) is 8.73. The second-order valence-corrected chi connectivity index (χ2v) is 5.17. The summed E-state index contributed by atoms with van der Waals surface area (Å²) < 4.78 is 5.08. The Morgan fingerprint density at radius 1 is 0.957 bits per heavy atom. The highest BCUT2D eigenvalue weighted by atomic mass is 16.5. The van der Waals surface area contributed by atoms with Gasteiger partial charge in [-0.2, -0.15) is 0 Å². The summed E-state index contributed by atoms with van der Waals surface area (Å²) in [6.45, 7) is 2.09. The summed E-state index contributed by atoms with van der Waals surface area (Å²) in [6.07, 6.45) is 1.60. The van der Waals surface area contributed by atoms with E-state index in [1.54, 1.807) is 12.1 Å². The van der Waals surface area contributed by atoms with Crippen LogP contribution in [-0.2, 0) is 22.4 Å². The van der Waals surface area contributed by atoms with Gasteiger partial charge in [-0.15, -0.1) is 0 Å². The van der Waals surface area contributed by atoms with Crippen LogP contribution in [0.5, 0.6) is 0 Å². The summed E-state index contributed by atoms with van der Waals surface area (Å²) in [5.74, 6) is -0.748. The van der Waals surface area contributed by atoms with E-state index in [1.165, 1.54) is 5.56 Å². The second-order valence-electron chi connectivity index (χ2n) is 5.17. The van der Waals surface area contributed by atoms with Crippen molar-refractivity contribution in [3.63, 3.8) is 0 Å². The summed E-state index contributed by atoms with van der Waals surface area (Å²) in [5.41, 5.74) is 2.67. The van der Waals surface area contributed by atoms with Crippen LogP contribution in [-0.4, -0.2) is 25.0 Å². The maximum Gasteiger partial charge on any atom is 0.338 e. The lowest BCUT2D eigenvalue weighted by Crippen LogP contribution is -2.28. The fourth-order valence-electron chi connectivity index (χ4n) is 2.32. The molecule has 0 unspecified atom stereocenters. The Labute approximate surface area is 136 Å². The van der Waals surface area contributed by atoms with Crippen LogP contribution in [0.1, 0.15) is 28.4 Å². The van der Waals surface area contributed by atoms with Gasteiger partial charge in [0.15, 0.2) is 6.61 Å². The van der Waals surface area contributed by atoms with Gasteiger partial charge in [-0.25, -0.2) is 4.79 Å². The molecule has 0 aliphatic rings. The Bertz CT molecular complexity index is 653. The van der Waals surface area contributed by atoms with Crippen molar-refractivity contribution in [2.75, 3.05) is 13.2 Å². The molecule has 0 aliphatic carbocycles. The number of carbonyl (C=O) groups excluding carboxylic acids is 2. The molecule has 0 fully saturated rings. The van der Waals surface area contributed by atoms with E-state index in [4.69, 9.17) is 4.74 Å². The van der Waals surface area contributed by atoms with Gasteiger partial charge in [0.1, 0.15) is 0 Å². The molecule has 0 aromatic heterocycles. The first-order chi connectivity index (χ1) is 11.2. The van der Waals surface area contributed by atoms with Gasteiger partial charge in [-0.3, -0.25) is 4.79 Å². The largest absolute Gasteiger partial charge is 0.452 e. The molecule has 1 N–H and O–H groups in total. The van der Waals surface area contributed by atoms with E-state index in [0.717, 1.165) is 18.4 Å². The molecular weight excluding hydrogens is 290 g/mol.